The molecule has 27 heavy (non-hydrogen) atoms. The average Bonchev–Trinajstić information content (AvgIpc) is 2.59. The summed E-state index contributed by atoms with van der Waals surface area (Å²) in [4.78, 5) is 0. The maximum absolute atomic E-state index is 2.35. The second-order valence-corrected chi connectivity index (χ2v) is 9.30. The maximum atomic E-state index is 2.35. The molecule has 0 bridgehead atoms. The highest BCUT2D eigenvalue weighted by atomic mass is 35.5. The molecular weight excluding hydrogens is 350 g/mol. The summed E-state index contributed by atoms with van der Waals surface area (Å²) in [5.41, 5.74) is 0. The number of rotatable bonds is 20. The van der Waals surface area contributed by atoms with Gasteiger partial charge in [-0.2, -0.15) is 0 Å². The minimum atomic E-state index is 0. The summed E-state index contributed by atoms with van der Waals surface area (Å²) in [5, 5.41) is 0. The van der Waals surface area contributed by atoms with Gasteiger partial charge in [-0.05, 0) is 18.9 Å². The van der Waals surface area contributed by atoms with Crippen molar-refractivity contribution in [1.82, 2.24) is 0 Å². The zero-order valence-electron chi connectivity index (χ0n) is 19.4. The van der Waals surface area contributed by atoms with Gasteiger partial charge in [-0.1, -0.05) is 116 Å². The molecule has 0 amide bonds. The molecule has 0 saturated heterocycles. The van der Waals surface area contributed by atoms with Crippen LogP contribution in [0.25, 0.3) is 0 Å². The first kappa shape index (κ1) is 29.2. The highest BCUT2D eigenvalue weighted by molar-refractivity contribution is 4.73. The Morgan fingerprint density at radius 3 is 1.07 bits per heavy atom. The Morgan fingerprint density at radius 1 is 0.481 bits per heavy atom. The van der Waals surface area contributed by atoms with Crippen LogP contribution in [-0.4, -0.2) is 25.6 Å². The molecule has 0 aliphatic heterocycles. The van der Waals surface area contributed by atoms with Crippen molar-refractivity contribution in [2.75, 3.05) is 21.1 Å². The number of unbranched alkanes of at least 4 members (excludes halogenated alkanes) is 18. The van der Waals surface area contributed by atoms with Crippen LogP contribution in [0.1, 0.15) is 129 Å². The van der Waals surface area contributed by atoms with E-state index in [1.807, 2.05) is 0 Å². The number of quaternary nitrogens is 1. The van der Waals surface area contributed by atoms with Gasteiger partial charge >= 0.3 is 0 Å². The number of hydrogen-bond acceptors (Lipinski definition) is 0. The van der Waals surface area contributed by atoms with E-state index in [0.717, 1.165) is 4.48 Å². The molecule has 0 radical (unpaired) electrons. The first-order valence-corrected chi connectivity index (χ1v) is 12.0. The Kier molecular flexibility index (Phi) is 24.1. The van der Waals surface area contributed by atoms with E-state index < -0.39 is 0 Å². The van der Waals surface area contributed by atoms with Gasteiger partial charge < -0.3 is 16.9 Å². The smallest absolute Gasteiger partial charge is 0.0911 e. The predicted molar refractivity (Wildman–Crippen MR) is 121 cm³/mol. The first-order chi connectivity index (χ1) is 12.6. The molecule has 0 spiro atoms. The van der Waals surface area contributed by atoms with Gasteiger partial charge in [0.2, 0.25) is 0 Å². The molecule has 0 N–H and O–H groups in total. The second-order valence-electron chi connectivity index (χ2n) is 9.30. The third-order valence-corrected chi connectivity index (χ3v) is 5.28. The molecule has 0 fully saturated rings. The van der Waals surface area contributed by atoms with Crippen molar-refractivity contribution in [3.05, 3.63) is 12.3 Å². The van der Waals surface area contributed by atoms with Crippen molar-refractivity contribution in [3.63, 3.8) is 0 Å². The van der Waals surface area contributed by atoms with E-state index in [0.29, 0.717) is 0 Å². The topological polar surface area (TPSA) is 0 Å². The fraction of sp³-hybridized carbons (Fsp3) is 0.920. The zero-order chi connectivity index (χ0) is 19.3. The molecule has 0 rings (SSSR count). The van der Waals surface area contributed by atoms with Crippen LogP contribution >= 0.6 is 0 Å². The third-order valence-electron chi connectivity index (χ3n) is 5.28. The molecule has 0 heterocycles. The van der Waals surface area contributed by atoms with Crippen molar-refractivity contribution < 1.29 is 16.9 Å². The fourth-order valence-corrected chi connectivity index (χ4v) is 3.55. The van der Waals surface area contributed by atoms with Gasteiger partial charge in [-0.25, -0.2) is 0 Å². The maximum Gasteiger partial charge on any atom is 0.0911 e. The molecule has 0 saturated carbocycles. The lowest BCUT2D eigenvalue weighted by Crippen LogP contribution is -3.00. The largest absolute Gasteiger partial charge is 1.00 e. The van der Waals surface area contributed by atoms with Gasteiger partial charge in [0.15, 0.2) is 0 Å². The van der Waals surface area contributed by atoms with Crippen LogP contribution in [0.5, 0.6) is 0 Å². The van der Waals surface area contributed by atoms with E-state index in [1.54, 1.807) is 0 Å². The van der Waals surface area contributed by atoms with Crippen molar-refractivity contribution in [1.29, 1.82) is 0 Å². The lowest BCUT2D eigenvalue weighted by atomic mass is 10.0. The van der Waals surface area contributed by atoms with Crippen LogP contribution in [0, 0.1) is 0 Å². The number of hydrogen-bond donors (Lipinski definition) is 0. The molecule has 0 aromatic carbocycles. The van der Waals surface area contributed by atoms with Crippen molar-refractivity contribution in [2.24, 2.45) is 0 Å². The van der Waals surface area contributed by atoms with E-state index in [4.69, 9.17) is 0 Å². The van der Waals surface area contributed by atoms with E-state index in [-0.39, 0.29) is 12.4 Å². The molecule has 0 aliphatic carbocycles. The lowest BCUT2D eigenvalue weighted by Gasteiger charge is -2.17. The van der Waals surface area contributed by atoms with E-state index in [2.05, 4.69) is 40.3 Å². The summed E-state index contributed by atoms with van der Waals surface area (Å²) < 4.78 is 0.943. The highest BCUT2D eigenvalue weighted by Crippen LogP contribution is 2.14. The molecule has 164 valence electrons. The van der Waals surface area contributed by atoms with E-state index in [1.165, 1.54) is 122 Å². The monoisotopic (exact) mass is 401 g/mol. The van der Waals surface area contributed by atoms with Crippen LogP contribution in [0.3, 0.4) is 0 Å². The van der Waals surface area contributed by atoms with Gasteiger partial charge in [0, 0.05) is 0 Å². The van der Waals surface area contributed by atoms with E-state index in [9.17, 15) is 0 Å². The third kappa shape index (κ3) is 28.3. The minimum Gasteiger partial charge on any atom is -1.00 e. The van der Waals surface area contributed by atoms with Crippen LogP contribution < -0.4 is 12.4 Å². The number of nitrogens with zero attached hydrogens (tertiary/aromatic N) is 1. The number of allylic oxidation sites excluding steroid dienone is 1. The molecule has 0 aliphatic rings. The van der Waals surface area contributed by atoms with E-state index >= 15 is 0 Å². The minimum absolute atomic E-state index is 0. The SMILES string of the molecule is CCCCCCCCCCCCCCCCCCCCC=C[N+](C)(C)C.[Cl-]. The summed E-state index contributed by atoms with van der Waals surface area (Å²) >= 11 is 0. The summed E-state index contributed by atoms with van der Waals surface area (Å²) in [5.74, 6) is 0. The average molecular weight is 402 g/mol. The summed E-state index contributed by atoms with van der Waals surface area (Å²) in [6, 6.07) is 0. The molecule has 0 unspecified atom stereocenters. The van der Waals surface area contributed by atoms with Gasteiger partial charge in [0.25, 0.3) is 0 Å². The van der Waals surface area contributed by atoms with Crippen molar-refractivity contribution in [3.8, 4) is 0 Å². The standard InChI is InChI=1S/C25H52N.ClH/c1-5-6-7-8-9-10-11-12-13-14-15-16-17-18-19-20-21-22-23-24-25-26(2,3)4;/h24-25H,5-23H2,1-4H3;1H/q+1;/p-1. The van der Waals surface area contributed by atoms with Gasteiger partial charge in [-0.15, -0.1) is 0 Å². The Balaban J connectivity index is 0. The first-order valence-electron chi connectivity index (χ1n) is 12.0. The van der Waals surface area contributed by atoms with Gasteiger partial charge in [0.05, 0.1) is 27.3 Å². The Hall–Kier alpha value is -0.0100. The highest BCUT2D eigenvalue weighted by Gasteiger charge is 1.98. The van der Waals surface area contributed by atoms with Crippen molar-refractivity contribution in [2.45, 2.75) is 129 Å². The second kappa shape index (κ2) is 22.3. The van der Waals surface area contributed by atoms with Crippen molar-refractivity contribution >= 4 is 0 Å². The van der Waals surface area contributed by atoms with Gasteiger partial charge in [0.1, 0.15) is 0 Å². The molecule has 0 atom stereocenters. The summed E-state index contributed by atoms with van der Waals surface area (Å²) in [7, 11) is 6.64. The van der Waals surface area contributed by atoms with Crippen LogP contribution in [-0.2, 0) is 0 Å². The Morgan fingerprint density at radius 2 is 0.778 bits per heavy atom. The fourth-order valence-electron chi connectivity index (χ4n) is 3.55. The molecular formula is C25H52ClN. The number of halogens is 1. The zero-order valence-corrected chi connectivity index (χ0v) is 20.2. The van der Waals surface area contributed by atoms with Crippen LogP contribution in [0.2, 0.25) is 0 Å². The normalized spacial score (nSPS) is 11.9. The summed E-state index contributed by atoms with van der Waals surface area (Å²) in [6.07, 6.45) is 32.1. The Labute approximate surface area is 179 Å². The quantitative estimate of drug-likeness (QED) is 0.183. The molecule has 0 aromatic heterocycles. The van der Waals surface area contributed by atoms with Crippen LogP contribution in [0.4, 0.5) is 0 Å². The lowest BCUT2D eigenvalue weighted by molar-refractivity contribution is -0.817. The van der Waals surface area contributed by atoms with Gasteiger partial charge in [-0.3, -0.25) is 0 Å². The van der Waals surface area contributed by atoms with Crippen LogP contribution in [0.15, 0.2) is 12.3 Å². The molecule has 1 nitrogen and oxygen atoms in total. The Bertz CT molecular complexity index is 293. The predicted octanol–water partition coefficient (Wildman–Crippen LogP) is 5.64. The molecule has 2 heteroatoms. The summed E-state index contributed by atoms with van der Waals surface area (Å²) in [6.45, 7) is 2.30. The molecule has 0 aromatic rings.